The van der Waals surface area contributed by atoms with Gasteiger partial charge in [0.25, 0.3) is 5.91 Å². The van der Waals surface area contributed by atoms with Gasteiger partial charge in [0.1, 0.15) is 0 Å². The number of halogens is 1. The van der Waals surface area contributed by atoms with Gasteiger partial charge in [0, 0.05) is 30.7 Å². The van der Waals surface area contributed by atoms with E-state index in [-0.39, 0.29) is 5.91 Å². The van der Waals surface area contributed by atoms with Crippen molar-refractivity contribution in [1.29, 1.82) is 0 Å². The van der Waals surface area contributed by atoms with Crippen LogP contribution in [0, 0.1) is 5.92 Å². The van der Waals surface area contributed by atoms with Crippen LogP contribution in [0.25, 0.3) is 11.0 Å². The van der Waals surface area contributed by atoms with Crippen molar-refractivity contribution in [3.05, 3.63) is 29.0 Å². The summed E-state index contributed by atoms with van der Waals surface area (Å²) in [5.74, 6) is 0.768. The molecule has 1 atom stereocenters. The van der Waals surface area contributed by atoms with Crippen LogP contribution in [0.1, 0.15) is 23.2 Å². The first kappa shape index (κ1) is 13.8. The number of rotatable bonds is 1. The number of imidazole rings is 1. The molecule has 0 aliphatic carbocycles. The van der Waals surface area contributed by atoms with Crippen molar-refractivity contribution in [2.24, 2.45) is 5.92 Å². The first-order valence-corrected chi connectivity index (χ1v) is 8.76. The second kappa shape index (κ2) is 4.95. The molecule has 4 aliphatic rings. The van der Waals surface area contributed by atoms with E-state index in [2.05, 4.69) is 19.4 Å². The molecule has 2 aromatic rings. The van der Waals surface area contributed by atoms with E-state index < -0.39 is 0 Å². The lowest BCUT2D eigenvalue weighted by Gasteiger charge is -2.48. The van der Waals surface area contributed by atoms with E-state index in [0.29, 0.717) is 22.5 Å². The smallest absolute Gasteiger partial charge is 0.256 e. The zero-order chi connectivity index (χ0) is 15.6. The van der Waals surface area contributed by atoms with Crippen LogP contribution in [0.4, 0.5) is 0 Å². The van der Waals surface area contributed by atoms with Crippen molar-refractivity contribution < 1.29 is 4.79 Å². The summed E-state index contributed by atoms with van der Waals surface area (Å²) in [5, 5.41) is 0.585. The zero-order valence-electron chi connectivity index (χ0n) is 12.9. The molecule has 6 heteroatoms. The zero-order valence-corrected chi connectivity index (χ0v) is 13.7. The van der Waals surface area contributed by atoms with E-state index in [1.807, 2.05) is 18.5 Å². The minimum atomic E-state index is 0.121. The summed E-state index contributed by atoms with van der Waals surface area (Å²) >= 11 is 6.22. The van der Waals surface area contributed by atoms with Gasteiger partial charge in [-0.2, -0.15) is 0 Å². The number of fused-ring (bicyclic) bond motifs is 3. The van der Waals surface area contributed by atoms with Crippen molar-refractivity contribution >= 4 is 28.5 Å². The van der Waals surface area contributed by atoms with E-state index in [1.54, 1.807) is 0 Å². The molecule has 120 valence electrons. The minimum absolute atomic E-state index is 0.121. The predicted molar refractivity (Wildman–Crippen MR) is 88.7 cm³/mol. The molecule has 3 fully saturated rings. The standard InChI is InChI=1S/C17H19ClN4O/c18-12-7-13-16-14(8-12)19-10-21(16)5-6-22(17(13)23)15-9-20-3-1-11(15)2-4-20/h7-8,10-11,15H,1-6,9H2/t15-/m1/s1. The molecule has 3 saturated heterocycles. The normalized spacial score (nSPS) is 30.0. The highest BCUT2D eigenvalue weighted by Crippen LogP contribution is 2.34. The monoisotopic (exact) mass is 330 g/mol. The van der Waals surface area contributed by atoms with Crippen molar-refractivity contribution in [3.8, 4) is 0 Å². The van der Waals surface area contributed by atoms with Crippen LogP contribution in [0.3, 0.4) is 0 Å². The topological polar surface area (TPSA) is 41.4 Å². The maximum Gasteiger partial charge on any atom is 0.256 e. The summed E-state index contributed by atoms with van der Waals surface area (Å²) in [4.78, 5) is 22.3. The first-order valence-electron chi connectivity index (χ1n) is 8.38. The van der Waals surface area contributed by atoms with Gasteiger partial charge in [-0.05, 0) is 44.0 Å². The quantitative estimate of drug-likeness (QED) is 0.805. The summed E-state index contributed by atoms with van der Waals surface area (Å²) in [6.07, 6.45) is 4.26. The summed E-state index contributed by atoms with van der Waals surface area (Å²) in [7, 11) is 0. The molecule has 23 heavy (non-hydrogen) atoms. The van der Waals surface area contributed by atoms with Crippen LogP contribution >= 0.6 is 11.6 Å². The molecular formula is C17H19ClN4O. The summed E-state index contributed by atoms with van der Waals surface area (Å²) in [5.41, 5.74) is 2.46. The van der Waals surface area contributed by atoms with E-state index in [4.69, 9.17) is 11.6 Å². The van der Waals surface area contributed by atoms with Gasteiger partial charge in [-0.1, -0.05) is 11.6 Å². The van der Waals surface area contributed by atoms with Crippen LogP contribution in [-0.2, 0) is 6.54 Å². The number of carbonyl (C=O) groups excluding carboxylic acids is 1. The lowest BCUT2D eigenvalue weighted by molar-refractivity contribution is 0.00725. The predicted octanol–water partition coefficient (Wildman–Crippen LogP) is 2.24. The third kappa shape index (κ3) is 2.03. The molecule has 0 radical (unpaired) electrons. The highest BCUT2D eigenvalue weighted by Gasteiger charge is 2.40. The lowest BCUT2D eigenvalue weighted by Crippen LogP contribution is -2.58. The molecule has 1 amide bonds. The third-order valence-corrected chi connectivity index (χ3v) is 5.99. The Balaban J connectivity index is 1.58. The second-order valence-electron chi connectivity index (χ2n) is 6.96. The maximum absolute atomic E-state index is 13.3. The van der Waals surface area contributed by atoms with Gasteiger partial charge in [-0.25, -0.2) is 4.98 Å². The molecule has 0 spiro atoms. The average molecular weight is 331 g/mol. The van der Waals surface area contributed by atoms with Crippen molar-refractivity contribution in [1.82, 2.24) is 19.4 Å². The van der Waals surface area contributed by atoms with Crippen molar-refractivity contribution in [2.45, 2.75) is 25.4 Å². The molecule has 0 saturated carbocycles. The largest absolute Gasteiger partial charge is 0.332 e. The molecule has 2 bridgehead atoms. The van der Waals surface area contributed by atoms with Gasteiger partial charge in [-0.15, -0.1) is 0 Å². The highest BCUT2D eigenvalue weighted by atomic mass is 35.5. The SMILES string of the molecule is O=C1c2cc(Cl)cc3ncn(c23)CCN1[C@@H]1CN2CCC1CC2. The van der Waals surface area contributed by atoms with Crippen LogP contribution < -0.4 is 0 Å². The van der Waals surface area contributed by atoms with Gasteiger partial charge >= 0.3 is 0 Å². The van der Waals surface area contributed by atoms with Gasteiger partial charge in [-0.3, -0.25) is 4.79 Å². The van der Waals surface area contributed by atoms with E-state index in [1.165, 1.54) is 25.9 Å². The minimum Gasteiger partial charge on any atom is -0.332 e. The first-order chi connectivity index (χ1) is 11.2. The fraction of sp³-hybridized carbons (Fsp3) is 0.529. The molecular weight excluding hydrogens is 312 g/mol. The summed E-state index contributed by atoms with van der Waals surface area (Å²) in [6.45, 7) is 4.96. The Kier molecular flexibility index (Phi) is 2.97. The Morgan fingerprint density at radius 2 is 1.96 bits per heavy atom. The fourth-order valence-electron chi connectivity index (χ4n) is 4.58. The van der Waals surface area contributed by atoms with Gasteiger partial charge < -0.3 is 14.4 Å². The van der Waals surface area contributed by atoms with Crippen molar-refractivity contribution in [2.75, 3.05) is 26.2 Å². The highest BCUT2D eigenvalue weighted by molar-refractivity contribution is 6.32. The van der Waals surface area contributed by atoms with Crippen LogP contribution in [0.15, 0.2) is 18.5 Å². The number of nitrogens with zero attached hydrogens (tertiary/aromatic N) is 4. The number of aromatic nitrogens is 2. The van der Waals surface area contributed by atoms with E-state index >= 15 is 0 Å². The molecule has 1 aromatic carbocycles. The third-order valence-electron chi connectivity index (χ3n) is 5.77. The molecule has 4 aliphatic heterocycles. The Morgan fingerprint density at radius 1 is 1.13 bits per heavy atom. The summed E-state index contributed by atoms with van der Waals surface area (Å²) < 4.78 is 2.10. The Bertz CT molecular complexity index is 793. The van der Waals surface area contributed by atoms with Crippen LogP contribution in [0.2, 0.25) is 5.02 Å². The number of amides is 1. The van der Waals surface area contributed by atoms with Gasteiger partial charge in [0.15, 0.2) is 0 Å². The van der Waals surface area contributed by atoms with Crippen molar-refractivity contribution in [3.63, 3.8) is 0 Å². The van der Waals surface area contributed by atoms with E-state index in [0.717, 1.165) is 30.7 Å². The molecule has 5 heterocycles. The Morgan fingerprint density at radius 3 is 2.70 bits per heavy atom. The van der Waals surface area contributed by atoms with E-state index in [9.17, 15) is 4.79 Å². The number of benzene rings is 1. The second-order valence-corrected chi connectivity index (χ2v) is 7.40. The molecule has 0 N–H and O–H groups in total. The van der Waals surface area contributed by atoms with Gasteiger partial charge in [0.05, 0.1) is 22.9 Å². The van der Waals surface area contributed by atoms with Gasteiger partial charge in [0.2, 0.25) is 0 Å². The Hall–Kier alpha value is -1.59. The summed E-state index contributed by atoms with van der Waals surface area (Å²) in [6, 6.07) is 4.00. The number of carbonyl (C=O) groups is 1. The molecule has 1 aromatic heterocycles. The lowest BCUT2D eigenvalue weighted by atomic mass is 9.83. The molecule has 5 nitrogen and oxygen atoms in total. The van der Waals surface area contributed by atoms with Crippen LogP contribution in [-0.4, -0.2) is 57.5 Å². The maximum atomic E-state index is 13.3. The molecule has 0 unspecified atom stereocenters. The van der Waals surface area contributed by atoms with Crippen LogP contribution in [0.5, 0.6) is 0 Å². The average Bonchev–Trinajstić information content (AvgIpc) is 2.91. The Labute approximate surface area is 139 Å². The number of hydrogen-bond donors (Lipinski definition) is 0. The molecule has 6 rings (SSSR count). The number of hydrogen-bond acceptors (Lipinski definition) is 3. The fourth-order valence-corrected chi connectivity index (χ4v) is 4.79. The number of piperidine rings is 3.